The van der Waals surface area contributed by atoms with Gasteiger partial charge in [0.15, 0.2) is 0 Å². The van der Waals surface area contributed by atoms with E-state index >= 15 is 0 Å². The molecule has 7 aromatic heterocycles. The number of aliphatic imine (C=N–C) groups is 1. The van der Waals surface area contributed by atoms with Gasteiger partial charge in [-0.15, -0.1) is 68.0 Å². The van der Waals surface area contributed by atoms with E-state index in [9.17, 15) is 44.1 Å². The van der Waals surface area contributed by atoms with E-state index in [-0.39, 0.29) is 46.0 Å². The standard InChI is InChI=1S/C47H47N13O9S6/c1-8-24-44-52-26(12-72-44)35-23(9-10-25(50-35)45-57-31(17-74-45)46-55-30(15-73-46)39(67)59-33(21(6)62)40(68)48-11-19(4)61)43-54-29(14-71-43)38(66)60-34(22(7)63)41(69)49-20(5)42-53-28(13-70-42)37(65)58-32(18(2)3)47-56-27(16-75-47)36(64)51-24/h8-10,12-19,21-22,32-34,61-63H,11H2,1-7H3,(H,48,68)(H,51,64)(H,58,65)(H,59,67)(H,60,66)/b24-8-,49-20?/t19-,21-,22-,32+,33+,34+/m1/s1. The van der Waals surface area contributed by atoms with Gasteiger partial charge in [-0.1, -0.05) is 19.9 Å². The van der Waals surface area contributed by atoms with Crippen LogP contribution in [0.15, 0.2) is 55.5 Å². The van der Waals surface area contributed by atoms with Crippen LogP contribution in [0, 0.1) is 5.92 Å². The third-order valence-electron chi connectivity index (χ3n) is 11.0. The van der Waals surface area contributed by atoms with Crippen LogP contribution in [0.3, 0.4) is 0 Å². The Hall–Kier alpha value is -6.76. The molecule has 1 aliphatic heterocycles. The molecule has 0 saturated heterocycles. The molecule has 0 radical (unpaired) electrons. The van der Waals surface area contributed by atoms with E-state index in [1.54, 1.807) is 41.3 Å². The van der Waals surface area contributed by atoms with Crippen molar-refractivity contribution in [3.8, 4) is 43.4 Å². The number of nitrogens with one attached hydrogen (secondary N) is 5. The molecular formula is C47H47N13O9S6. The molecule has 0 aromatic carbocycles. The molecule has 8 N–H and O–H groups in total. The number of rotatable bonds is 10. The summed E-state index contributed by atoms with van der Waals surface area (Å²) in [4.78, 5) is 118. The Bertz CT molecular complexity index is 3360. The molecule has 28 heteroatoms. The molecule has 0 spiro atoms. The summed E-state index contributed by atoms with van der Waals surface area (Å²) in [6.07, 6.45) is -1.75. The van der Waals surface area contributed by atoms with Gasteiger partial charge in [-0.05, 0) is 52.7 Å². The topological polar surface area (TPSA) is 326 Å². The van der Waals surface area contributed by atoms with Gasteiger partial charge in [0.25, 0.3) is 29.5 Å². The van der Waals surface area contributed by atoms with Crippen molar-refractivity contribution in [1.82, 2.24) is 61.5 Å². The number of thiazole rings is 6. The van der Waals surface area contributed by atoms with Gasteiger partial charge in [0.05, 0.1) is 41.5 Å². The fourth-order valence-electron chi connectivity index (χ4n) is 7.05. The number of aliphatic hydroxyl groups excluding tert-OH is 3. The summed E-state index contributed by atoms with van der Waals surface area (Å²) in [5.41, 5.74) is 2.70. The smallest absolute Gasteiger partial charge is 0.275 e. The molecule has 6 atom stereocenters. The minimum absolute atomic E-state index is 0.0105. The molecule has 8 heterocycles. The van der Waals surface area contributed by atoms with Gasteiger partial charge in [-0.2, -0.15) is 0 Å². The fourth-order valence-corrected chi connectivity index (χ4v) is 12.1. The van der Waals surface area contributed by atoms with Crippen LogP contribution in [0.25, 0.3) is 49.1 Å². The van der Waals surface area contributed by atoms with E-state index < -0.39 is 71.9 Å². The zero-order valence-corrected chi connectivity index (χ0v) is 45.7. The summed E-state index contributed by atoms with van der Waals surface area (Å²) >= 11 is 7.05. The van der Waals surface area contributed by atoms with E-state index in [4.69, 9.17) is 15.0 Å². The fraction of sp³-hybridized carbons (Fsp3) is 0.319. The molecule has 0 unspecified atom stereocenters. The van der Waals surface area contributed by atoms with Crippen molar-refractivity contribution in [2.24, 2.45) is 10.9 Å². The number of hydrogen-bond donors (Lipinski definition) is 8. The first kappa shape index (κ1) is 54.5. The number of carbonyl (C=O) groups excluding carboxylic acids is 6. The lowest BCUT2D eigenvalue weighted by atomic mass is 10.1. The van der Waals surface area contributed by atoms with Crippen LogP contribution in [-0.4, -0.2) is 128 Å². The molecule has 1 aliphatic rings. The van der Waals surface area contributed by atoms with Gasteiger partial charge in [0.1, 0.15) is 82.0 Å². The van der Waals surface area contributed by atoms with Gasteiger partial charge in [-0.3, -0.25) is 28.8 Å². The van der Waals surface area contributed by atoms with Crippen molar-refractivity contribution < 1.29 is 44.1 Å². The van der Waals surface area contributed by atoms with Gasteiger partial charge >= 0.3 is 0 Å². The molecule has 0 fully saturated rings. The zero-order valence-electron chi connectivity index (χ0n) is 40.8. The number of allylic oxidation sites excluding steroid dienone is 1. The number of nitrogens with zero attached hydrogens (tertiary/aromatic N) is 8. The van der Waals surface area contributed by atoms with Crippen molar-refractivity contribution >= 4 is 115 Å². The highest BCUT2D eigenvalue weighted by Gasteiger charge is 2.31. The first-order chi connectivity index (χ1) is 35.8. The molecule has 6 amide bonds. The van der Waals surface area contributed by atoms with Crippen LogP contribution in [-0.2, 0) is 9.59 Å². The Morgan fingerprint density at radius 1 is 0.653 bits per heavy atom. The van der Waals surface area contributed by atoms with Gasteiger partial charge in [0, 0.05) is 44.4 Å². The molecular weight excluding hydrogens is 1080 g/mol. The minimum atomic E-state index is -1.47. The normalized spacial score (nSPS) is 17.8. The largest absolute Gasteiger partial charge is 0.392 e. The average Bonchev–Trinajstić information content (AvgIpc) is 4.24. The number of hydrogen-bond acceptors (Lipinski definition) is 22. The van der Waals surface area contributed by atoms with Crippen LogP contribution in [0.1, 0.15) is 111 Å². The van der Waals surface area contributed by atoms with E-state index in [2.05, 4.69) is 51.5 Å². The van der Waals surface area contributed by atoms with Crippen molar-refractivity contribution in [2.75, 3.05) is 6.54 Å². The third kappa shape index (κ3) is 12.5. The Morgan fingerprint density at radius 2 is 1.23 bits per heavy atom. The lowest BCUT2D eigenvalue weighted by molar-refractivity contribution is -0.125. The second-order valence-electron chi connectivity index (χ2n) is 17.2. The Morgan fingerprint density at radius 3 is 1.91 bits per heavy atom. The quantitative estimate of drug-likeness (QED) is 0.0871. The highest BCUT2D eigenvalue weighted by Crippen LogP contribution is 2.38. The summed E-state index contributed by atoms with van der Waals surface area (Å²) in [6.45, 7) is 11.2. The van der Waals surface area contributed by atoms with Gasteiger partial charge in [0.2, 0.25) is 5.91 Å². The van der Waals surface area contributed by atoms with Crippen LogP contribution >= 0.6 is 68.0 Å². The van der Waals surface area contributed by atoms with E-state index in [0.717, 1.165) is 34.0 Å². The van der Waals surface area contributed by atoms with E-state index in [1.165, 1.54) is 77.8 Å². The zero-order chi connectivity index (χ0) is 53.8. The molecule has 390 valence electrons. The molecule has 8 bridgehead atoms. The molecule has 7 aromatic rings. The summed E-state index contributed by atoms with van der Waals surface area (Å²) in [6, 6.07) is 0.0979. The van der Waals surface area contributed by atoms with Crippen LogP contribution < -0.4 is 26.6 Å². The second kappa shape index (κ2) is 23.4. The van der Waals surface area contributed by atoms with Crippen LogP contribution in [0.4, 0.5) is 0 Å². The number of aromatic nitrogens is 7. The average molecular weight is 1130 g/mol. The lowest BCUT2D eigenvalue weighted by Crippen LogP contribution is -2.53. The van der Waals surface area contributed by atoms with Gasteiger partial charge in [-0.25, -0.2) is 39.9 Å². The summed E-state index contributed by atoms with van der Waals surface area (Å²) in [5.74, 6) is -4.17. The Labute approximate surface area is 451 Å². The Kier molecular flexibility index (Phi) is 17.0. The maximum Gasteiger partial charge on any atom is 0.275 e. The predicted octanol–water partition coefficient (Wildman–Crippen LogP) is 5.21. The summed E-state index contributed by atoms with van der Waals surface area (Å²) in [5, 5.41) is 56.0. The highest BCUT2D eigenvalue weighted by atomic mass is 32.1. The summed E-state index contributed by atoms with van der Waals surface area (Å²) < 4.78 is 0. The lowest BCUT2D eigenvalue weighted by Gasteiger charge is -2.20. The van der Waals surface area contributed by atoms with Crippen molar-refractivity contribution in [3.63, 3.8) is 0 Å². The van der Waals surface area contributed by atoms with Crippen molar-refractivity contribution in [2.45, 2.75) is 84.9 Å². The predicted molar refractivity (Wildman–Crippen MR) is 287 cm³/mol. The summed E-state index contributed by atoms with van der Waals surface area (Å²) in [7, 11) is 0. The monoisotopic (exact) mass is 1130 g/mol. The van der Waals surface area contributed by atoms with Crippen molar-refractivity contribution in [1.29, 1.82) is 0 Å². The van der Waals surface area contributed by atoms with Crippen LogP contribution in [0.5, 0.6) is 0 Å². The Balaban J connectivity index is 1.14. The van der Waals surface area contributed by atoms with E-state index in [0.29, 0.717) is 59.1 Å². The molecule has 8 rings (SSSR count). The highest BCUT2D eigenvalue weighted by molar-refractivity contribution is 7.15. The molecule has 22 nitrogen and oxygen atoms in total. The number of aliphatic hydroxyl groups is 3. The molecule has 75 heavy (non-hydrogen) atoms. The second-order valence-corrected chi connectivity index (χ2v) is 22.4. The first-order valence-corrected chi connectivity index (χ1v) is 28.1. The third-order valence-corrected chi connectivity index (χ3v) is 16.4. The number of carbonyl (C=O) groups is 6. The maximum absolute atomic E-state index is 13.8. The molecule has 0 aliphatic carbocycles. The van der Waals surface area contributed by atoms with Crippen LogP contribution in [0.2, 0.25) is 0 Å². The van der Waals surface area contributed by atoms with Gasteiger partial charge < -0.3 is 41.9 Å². The van der Waals surface area contributed by atoms with Crippen molar-refractivity contribution in [3.05, 3.63) is 88.3 Å². The molecule has 0 saturated carbocycles. The number of pyridine rings is 1. The van der Waals surface area contributed by atoms with E-state index in [1.807, 2.05) is 13.8 Å². The minimum Gasteiger partial charge on any atom is -0.392 e. The maximum atomic E-state index is 13.8. The number of fused-ring (bicyclic) bond motifs is 11. The first-order valence-electron chi connectivity index (χ1n) is 22.9. The number of amides is 6. The SMILES string of the molecule is C/C=C1\NC(=O)c2csc(n2)[C@H](C(C)C)NC(=O)c2csc(n2)C(C)=NC(=O)[C@H]([C@@H](C)O)NC(=O)c2csc(n2)-c2ccc(-c3nc(-c4nc(C(=O)N[C@H](C(=O)NC[C@@H](C)O)[C@@H](C)O)cs4)cs3)nc2-c2csc1n2.